The summed E-state index contributed by atoms with van der Waals surface area (Å²) in [5, 5.41) is -0.588. The SMILES string of the molecule is CCCC=CCCCCCCCCCCCC(CCC)([P+](=O)[O-])[N+](C)(C)C. The maximum Gasteiger partial charge on any atom is 0.376 e. The Morgan fingerprint density at radius 2 is 1.22 bits per heavy atom. The zero-order chi connectivity index (χ0) is 20.6. The van der Waals surface area contributed by atoms with E-state index >= 15 is 0 Å². The summed E-state index contributed by atoms with van der Waals surface area (Å²) >= 11 is 0. The first-order chi connectivity index (χ1) is 12.8. The van der Waals surface area contributed by atoms with Crippen molar-refractivity contribution in [3.8, 4) is 0 Å². The van der Waals surface area contributed by atoms with E-state index in [0.29, 0.717) is 4.48 Å². The predicted molar refractivity (Wildman–Crippen MR) is 118 cm³/mol. The molecule has 0 fully saturated rings. The third-order valence-corrected chi connectivity index (χ3v) is 7.54. The molecule has 2 unspecified atom stereocenters. The van der Waals surface area contributed by atoms with Gasteiger partial charge in [-0.1, -0.05) is 81.9 Å². The van der Waals surface area contributed by atoms with Crippen molar-refractivity contribution in [2.45, 2.75) is 115 Å². The molecule has 0 saturated heterocycles. The second kappa shape index (κ2) is 15.7. The summed E-state index contributed by atoms with van der Waals surface area (Å²) in [5.41, 5.74) is 0. The molecule has 4 heteroatoms. The van der Waals surface area contributed by atoms with E-state index in [1.54, 1.807) is 0 Å². The Morgan fingerprint density at radius 3 is 1.67 bits per heavy atom. The minimum absolute atomic E-state index is 0.521. The van der Waals surface area contributed by atoms with Crippen LogP contribution >= 0.6 is 8.03 Å². The molecule has 2 atom stereocenters. The fourth-order valence-corrected chi connectivity index (χ4v) is 5.17. The first kappa shape index (κ1) is 26.8. The molecular weight excluding hydrogens is 353 g/mol. The van der Waals surface area contributed by atoms with Crippen molar-refractivity contribution in [2.75, 3.05) is 21.1 Å². The average molecular weight is 401 g/mol. The molecule has 0 saturated carbocycles. The molecule has 0 bridgehead atoms. The van der Waals surface area contributed by atoms with Gasteiger partial charge in [-0.05, 0) is 32.1 Å². The van der Waals surface area contributed by atoms with Gasteiger partial charge in [0.1, 0.15) is 0 Å². The van der Waals surface area contributed by atoms with Gasteiger partial charge in [0.25, 0.3) is 5.28 Å². The van der Waals surface area contributed by atoms with Crippen molar-refractivity contribution in [3.05, 3.63) is 12.2 Å². The maximum absolute atomic E-state index is 12.0. The van der Waals surface area contributed by atoms with Gasteiger partial charge in [0.15, 0.2) is 0 Å². The van der Waals surface area contributed by atoms with Crippen LogP contribution in [0.5, 0.6) is 0 Å². The first-order valence-corrected chi connectivity index (χ1v) is 12.6. The fraction of sp³-hybridized carbons (Fsp3) is 0.913. The summed E-state index contributed by atoms with van der Waals surface area (Å²) in [4.78, 5) is 12.0. The smallest absolute Gasteiger partial charge is 0.376 e. The molecule has 0 aromatic carbocycles. The van der Waals surface area contributed by atoms with Gasteiger partial charge in [0.05, 0.1) is 21.1 Å². The summed E-state index contributed by atoms with van der Waals surface area (Å²) in [5.74, 6) is 0. The van der Waals surface area contributed by atoms with E-state index in [0.717, 1.165) is 32.1 Å². The van der Waals surface area contributed by atoms with Gasteiger partial charge in [-0.25, -0.2) is 0 Å². The maximum atomic E-state index is 12.0. The molecule has 0 aromatic rings. The molecule has 0 aliphatic carbocycles. The number of allylic oxidation sites excluding steroid dienone is 2. The van der Waals surface area contributed by atoms with Crippen LogP contribution in [0.2, 0.25) is 0 Å². The Labute approximate surface area is 171 Å². The zero-order valence-corrected chi connectivity index (χ0v) is 19.9. The minimum atomic E-state index is -2.42. The van der Waals surface area contributed by atoms with Crippen LogP contribution in [-0.4, -0.2) is 30.9 Å². The lowest BCUT2D eigenvalue weighted by atomic mass is 9.99. The highest BCUT2D eigenvalue weighted by molar-refractivity contribution is 7.38. The van der Waals surface area contributed by atoms with Gasteiger partial charge in [0, 0.05) is 12.8 Å². The first-order valence-electron chi connectivity index (χ1n) is 11.4. The molecule has 0 aromatic heterocycles. The molecule has 0 N–H and O–H groups in total. The number of hydrogen-bond acceptors (Lipinski definition) is 2. The predicted octanol–water partition coefficient (Wildman–Crippen LogP) is 6.94. The number of hydrogen-bond donors (Lipinski definition) is 0. The van der Waals surface area contributed by atoms with Crippen LogP contribution in [0.25, 0.3) is 0 Å². The van der Waals surface area contributed by atoms with E-state index in [4.69, 9.17) is 0 Å². The molecule has 0 aliphatic rings. The van der Waals surface area contributed by atoms with Crippen molar-refractivity contribution < 1.29 is 13.9 Å². The fourth-order valence-electron chi connectivity index (χ4n) is 3.93. The van der Waals surface area contributed by atoms with E-state index in [1.807, 2.05) is 21.1 Å². The van der Waals surface area contributed by atoms with E-state index in [-0.39, 0.29) is 0 Å². The zero-order valence-electron chi connectivity index (χ0n) is 19.0. The summed E-state index contributed by atoms with van der Waals surface area (Å²) in [6, 6.07) is 0. The average Bonchev–Trinajstić information content (AvgIpc) is 2.59. The quantitative estimate of drug-likeness (QED) is 0.108. The summed E-state index contributed by atoms with van der Waals surface area (Å²) in [7, 11) is 3.67. The van der Waals surface area contributed by atoms with Crippen molar-refractivity contribution in [1.82, 2.24) is 0 Å². The molecule has 0 spiro atoms. The molecule has 160 valence electrons. The summed E-state index contributed by atoms with van der Waals surface area (Å²) in [6.45, 7) is 4.31. The Hall–Kier alpha value is -0.240. The molecule has 0 rings (SSSR count). The number of quaternary nitrogens is 1. The second-order valence-corrected chi connectivity index (χ2v) is 10.3. The Morgan fingerprint density at radius 1 is 0.741 bits per heavy atom. The molecule has 0 aliphatic heterocycles. The molecule has 0 amide bonds. The molecule has 0 radical (unpaired) electrons. The van der Waals surface area contributed by atoms with Crippen molar-refractivity contribution in [2.24, 2.45) is 0 Å². The van der Waals surface area contributed by atoms with Gasteiger partial charge in [0.2, 0.25) is 0 Å². The second-order valence-electron chi connectivity index (χ2n) is 8.98. The van der Waals surface area contributed by atoms with Gasteiger partial charge >= 0.3 is 8.03 Å². The lowest BCUT2D eigenvalue weighted by Crippen LogP contribution is -2.55. The summed E-state index contributed by atoms with van der Waals surface area (Å²) < 4.78 is 12.6. The van der Waals surface area contributed by atoms with Crippen molar-refractivity contribution >= 4 is 8.03 Å². The molecule has 3 nitrogen and oxygen atoms in total. The highest BCUT2D eigenvalue weighted by Gasteiger charge is 2.53. The Balaban J connectivity index is 3.81. The van der Waals surface area contributed by atoms with Gasteiger partial charge in [-0.15, -0.1) is 0 Å². The van der Waals surface area contributed by atoms with Crippen LogP contribution in [0.4, 0.5) is 0 Å². The van der Waals surface area contributed by atoms with Crippen LogP contribution in [-0.2, 0) is 4.57 Å². The molecule has 27 heavy (non-hydrogen) atoms. The Bertz CT molecular complexity index is 404. The van der Waals surface area contributed by atoms with E-state index in [1.165, 1.54) is 64.2 Å². The number of rotatable bonds is 18. The van der Waals surface area contributed by atoms with E-state index in [2.05, 4.69) is 26.0 Å². The monoisotopic (exact) mass is 400 g/mol. The normalized spacial score (nSPS) is 15.3. The van der Waals surface area contributed by atoms with Crippen LogP contribution in [0.1, 0.15) is 110 Å². The highest BCUT2D eigenvalue weighted by atomic mass is 31.1. The van der Waals surface area contributed by atoms with Crippen molar-refractivity contribution in [1.29, 1.82) is 0 Å². The largest absolute Gasteiger partial charge is 0.590 e. The minimum Gasteiger partial charge on any atom is -0.590 e. The highest BCUT2D eigenvalue weighted by Crippen LogP contribution is 2.45. The van der Waals surface area contributed by atoms with Crippen LogP contribution < -0.4 is 4.89 Å². The van der Waals surface area contributed by atoms with Crippen LogP contribution in [0.3, 0.4) is 0 Å². The van der Waals surface area contributed by atoms with Gasteiger partial charge in [-0.3, -0.25) is 4.48 Å². The van der Waals surface area contributed by atoms with Gasteiger partial charge < -0.3 is 4.89 Å². The lowest BCUT2D eigenvalue weighted by molar-refractivity contribution is -0.910. The Kier molecular flexibility index (Phi) is 15.5. The van der Waals surface area contributed by atoms with Crippen LogP contribution in [0, 0.1) is 0 Å². The lowest BCUT2D eigenvalue weighted by Gasteiger charge is -2.39. The third-order valence-electron chi connectivity index (χ3n) is 5.81. The molecule has 0 heterocycles. The van der Waals surface area contributed by atoms with Gasteiger partial charge in [-0.2, -0.15) is 0 Å². The van der Waals surface area contributed by atoms with Crippen LogP contribution in [0.15, 0.2) is 12.2 Å². The summed E-state index contributed by atoms with van der Waals surface area (Å²) in [6.07, 6.45) is 22.3. The number of unbranched alkanes of at least 4 members (excludes halogenated alkanes) is 10. The van der Waals surface area contributed by atoms with Crippen molar-refractivity contribution in [3.63, 3.8) is 0 Å². The standard InChI is InChI=1S/C23H47NO2P/c1-6-8-9-10-11-12-13-14-15-16-17-18-19-20-22-23(21-7-2,27(25)26)24(3,4)5/h9-10H,6-8,11-22H2,1-5H3/q+1. The van der Waals surface area contributed by atoms with E-state index in [9.17, 15) is 9.46 Å². The topological polar surface area (TPSA) is 40.1 Å². The molecular formula is C23H47NO2P+. The third kappa shape index (κ3) is 11.4. The van der Waals surface area contributed by atoms with E-state index < -0.39 is 13.3 Å². The number of nitrogens with zero attached hydrogens (tertiary/aromatic N) is 1.